The Bertz CT molecular complexity index is 1230. The molecule has 5 rings (SSSR count). The number of fused-ring (bicyclic) bond motifs is 1. The molecule has 8 nitrogen and oxygen atoms in total. The van der Waals surface area contributed by atoms with Crippen molar-refractivity contribution in [2.75, 3.05) is 14.2 Å². The summed E-state index contributed by atoms with van der Waals surface area (Å²) in [6.07, 6.45) is 6.21. The number of methoxy groups -OCH3 is 2. The minimum atomic E-state index is -1.61. The number of carboxylic acid groups (broad SMARTS) is 1. The molecule has 2 N–H and O–H groups in total. The van der Waals surface area contributed by atoms with E-state index in [0.717, 1.165) is 32.1 Å². The number of ether oxygens (including phenoxy) is 3. The molecular weight excluding hydrogens is 648 g/mol. The maximum atomic E-state index is 12.7. The average Bonchev–Trinajstić information content (AvgIpc) is 3.18. The van der Waals surface area contributed by atoms with Gasteiger partial charge < -0.3 is 24.4 Å². The number of carbonyl (C=O) groups excluding carboxylic acids is 2. The number of hydrogen-bond donors (Lipinski definition) is 2. The van der Waals surface area contributed by atoms with Crippen LogP contribution in [0.1, 0.15) is 67.3 Å². The van der Waals surface area contributed by atoms with Crippen LogP contribution in [0.25, 0.3) is 0 Å². The van der Waals surface area contributed by atoms with Crippen LogP contribution in [-0.2, 0) is 20.1 Å². The third kappa shape index (κ3) is 5.54. The van der Waals surface area contributed by atoms with Gasteiger partial charge in [0.15, 0.2) is 5.78 Å². The van der Waals surface area contributed by atoms with Crippen LogP contribution in [0.3, 0.4) is 0 Å². The lowest BCUT2D eigenvalue weighted by Crippen LogP contribution is -2.48. The van der Waals surface area contributed by atoms with Gasteiger partial charge in [-0.1, -0.05) is 57.5 Å². The molecule has 2 aromatic carbocycles. The standard InChI is InChI=1S/2C15H17BrO4/c1-19-11-7-5-10(6-8-11)15(18)14(16)9-3-2-4-12(14)13(17)20-15;1-20-11-7-5-10(6-8-11)13(17)15(16)9-3-2-4-12(15)14(18)19/h5-8,12,18H,2-4,9H2,1H3;5-8,12H,2-4,9H2,1H3,(H,18,19). The maximum Gasteiger partial charge on any atom is 0.313 e. The van der Waals surface area contributed by atoms with Gasteiger partial charge in [-0.2, -0.15) is 0 Å². The fourth-order valence-electron chi connectivity index (χ4n) is 5.97. The third-order valence-electron chi connectivity index (χ3n) is 8.28. The predicted molar refractivity (Wildman–Crippen MR) is 155 cm³/mol. The van der Waals surface area contributed by atoms with Crippen LogP contribution in [0.15, 0.2) is 48.5 Å². The Morgan fingerprint density at radius 2 is 1.43 bits per heavy atom. The highest BCUT2D eigenvalue weighted by Crippen LogP contribution is 2.58. The van der Waals surface area contributed by atoms with E-state index in [2.05, 4.69) is 31.9 Å². The molecule has 1 aliphatic heterocycles. The normalized spacial score (nSPS) is 31.2. The van der Waals surface area contributed by atoms with Crippen LogP contribution in [-0.4, -0.2) is 50.8 Å². The highest BCUT2D eigenvalue weighted by atomic mass is 79.9. The number of esters is 1. The number of aliphatic hydroxyl groups is 1. The number of ketones is 1. The van der Waals surface area contributed by atoms with Gasteiger partial charge in [-0.15, -0.1) is 0 Å². The molecule has 2 aliphatic carbocycles. The lowest BCUT2D eigenvalue weighted by Gasteiger charge is -2.40. The van der Waals surface area contributed by atoms with Crippen LogP contribution in [0.5, 0.6) is 11.5 Å². The van der Waals surface area contributed by atoms with Crippen molar-refractivity contribution < 1.29 is 38.8 Å². The zero-order valence-corrected chi connectivity index (χ0v) is 25.7. The van der Waals surface area contributed by atoms with Crippen molar-refractivity contribution in [2.24, 2.45) is 11.8 Å². The predicted octanol–water partition coefficient (Wildman–Crippen LogP) is 6.01. The lowest BCUT2D eigenvalue weighted by molar-refractivity contribution is -0.201. The molecule has 40 heavy (non-hydrogen) atoms. The number of benzene rings is 2. The molecule has 1 heterocycles. The number of halogens is 2. The SMILES string of the molecule is COc1ccc(C(=O)C2(Br)CCCCC2C(=O)O)cc1.COc1ccc(C2(O)OC(=O)C3CCCCC32Br)cc1. The second-order valence-electron chi connectivity index (χ2n) is 10.5. The number of cyclic esters (lactones) is 1. The molecule has 0 spiro atoms. The van der Waals surface area contributed by atoms with E-state index in [1.807, 2.05) is 0 Å². The number of Topliss-reactive ketones (excluding diaryl/α,β-unsaturated/α-hetero) is 1. The van der Waals surface area contributed by atoms with Crippen molar-refractivity contribution in [3.63, 3.8) is 0 Å². The number of carbonyl (C=O) groups is 3. The van der Waals surface area contributed by atoms with Gasteiger partial charge in [-0.05, 0) is 74.2 Å². The van der Waals surface area contributed by atoms with Gasteiger partial charge in [0.1, 0.15) is 20.1 Å². The lowest BCUT2D eigenvalue weighted by atomic mass is 9.74. The van der Waals surface area contributed by atoms with Gasteiger partial charge in [-0.25, -0.2) is 0 Å². The van der Waals surface area contributed by atoms with Crippen LogP contribution in [0, 0.1) is 11.8 Å². The molecule has 2 saturated carbocycles. The molecule has 10 heteroatoms. The summed E-state index contributed by atoms with van der Waals surface area (Å²) in [5, 5.41) is 20.4. The molecule has 5 atom stereocenters. The molecule has 216 valence electrons. The fourth-order valence-corrected chi connectivity index (χ4v) is 7.91. The largest absolute Gasteiger partial charge is 0.497 e. The molecule has 3 aliphatic rings. The van der Waals surface area contributed by atoms with Crippen LogP contribution in [0.4, 0.5) is 0 Å². The third-order valence-corrected chi connectivity index (χ3v) is 11.1. The van der Waals surface area contributed by atoms with Gasteiger partial charge in [0.05, 0.1) is 26.1 Å². The van der Waals surface area contributed by atoms with Gasteiger partial charge in [-0.3, -0.25) is 14.4 Å². The number of hydrogen-bond acceptors (Lipinski definition) is 7. The molecule has 0 aromatic heterocycles. The average molecular weight is 682 g/mol. The Morgan fingerprint density at radius 3 is 2.00 bits per heavy atom. The van der Waals surface area contributed by atoms with Gasteiger partial charge in [0.2, 0.25) is 0 Å². The Morgan fingerprint density at radius 1 is 0.875 bits per heavy atom. The van der Waals surface area contributed by atoms with E-state index in [0.29, 0.717) is 41.9 Å². The highest BCUT2D eigenvalue weighted by Gasteiger charge is 2.66. The van der Waals surface area contributed by atoms with Gasteiger partial charge in [0.25, 0.3) is 5.79 Å². The van der Waals surface area contributed by atoms with Crippen LogP contribution in [0.2, 0.25) is 0 Å². The first-order valence-corrected chi connectivity index (χ1v) is 15.0. The van der Waals surface area contributed by atoms with E-state index in [4.69, 9.17) is 14.2 Å². The Hall–Kier alpha value is -2.43. The molecule has 2 aromatic rings. The van der Waals surface area contributed by atoms with Crippen molar-refractivity contribution in [3.8, 4) is 11.5 Å². The summed E-state index contributed by atoms with van der Waals surface area (Å²) in [5.74, 6) is -2.60. The summed E-state index contributed by atoms with van der Waals surface area (Å²) in [5.41, 5.74) is 1.09. The molecule has 3 fully saturated rings. The summed E-state index contributed by atoms with van der Waals surface area (Å²) in [7, 11) is 3.15. The summed E-state index contributed by atoms with van der Waals surface area (Å²) >= 11 is 7.07. The maximum absolute atomic E-state index is 12.7. The number of rotatable bonds is 6. The Kier molecular flexibility index (Phi) is 9.31. The molecule has 0 bridgehead atoms. The second kappa shape index (κ2) is 12.2. The minimum absolute atomic E-state index is 0.160. The smallest absolute Gasteiger partial charge is 0.313 e. The van der Waals surface area contributed by atoms with E-state index in [1.54, 1.807) is 62.8 Å². The molecule has 5 unspecified atom stereocenters. The van der Waals surface area contributed by atoms with E-state index in [9.17, 15) is 24.6 Å². The molecular formula is C30H34Br2O8. The zero-order chi connectivity index (χ0) is 29.1. The van der Waals surface area contributed by atoms with Gasteiger partial charge in [0, 0.05) is 11.1 Å². The summed E-state index contributed by atoms with van der Waals surface area (Å²) in [6, 6.07) is 13.8. The van der Waals surface area contributed by atoms with E-state index in [-0.39, 0.29) is 17.7 Å². The minimum Gasteiger partial charge on any atom is -0.497 e. The van der Waals surface area contributed by atoms with Gasteiger partial charge >= 0.3 is 11.9 Å². The van der Waals surface area contributed by atoms with Crippen molar-refractivity contribution in [1.82, 2.24) is 0 Å². The first kappa shape index (κ1) is 30.5. The summed E-state index contributed by atoms with van der Waals surface area (Å²) in [6.45, 7) is 0. The first-order valence-electron chi connectivity index (χ1n) is 13.4. The zero-order valence-electron chi connectivity index (χ0n) is 22.5. The van der Waals surface area contributed by atoms with Crippen molar-refractivity contribution in [3.05, 3.63) is 59.7 Å². The molecule has 1 saturated heterocycles. The topological polar surface area (TPSA) is 119 Å². The Labute approximate surface area is 250 Å². The summed E-state index contributed by atoms with van der Waals surface area (Å²) in [4.78, 5) is 36.2. The van der Waals surface area contributed by atoms with Crippen molar-refractivity contribution in [1.29, 1.82) is 0 Å². The monoisotopic (exact) mass is 680 g/mol. The van der Waals surface area contributed by atoms with Crippen molar-refractivity contribution >= 4 is 49.6 Å². The van der Waals surface area contributed by atoms with Crippen molar-refractivity contribution in [2.45, 2.75) is 65.8 Å². The van der Waals surface area contributed by atoms with Crippen LogP contribution < -0.4 is 9.47 Å². The number of aliphatic carboxylic acids is 1. The van der Waals surface area contributed by atoms with E-state index >= 15 is 0 Å². The van der Waals surface area contributed by atoms with E-state index < -0.39 is 26.3 Å². The highest BCUT2D eigenvalue weighted by molar-refractivity contribution is 9.10. The number of carboxylic acids is 1. The fraction of sp³-hybridized carbons (Fsp3) is 0.500. The quantitative estimate of drug-likeness (QED) is 0.216. The molecule has 0 amide bonds. The summed E-state index contributed by atoms with van der Waals surface area (Å²) < 4.78 is 13.8. The second-order valence-corrected chi connectivity index (χ2v) is 13.3. The first-order chi connectivity index (χ1) is 19.0. The Balaban J connectivity index is 0.000000185. The molecule has 0 radical (unpaired) electrons. The van der Waals surface area contributed by atoms with E-state index in [1.165, 1.54) is 0 Å². The van der Waals surface area contributed by atoms with Crippen LogP contribution >= 0.6 is 31.9 Å². The number of alkyl halides is 2.